The second-order valence-electron chi connectivity index (χ2n) is 5.32. The Labute approximate surface area is 113 Å². The first-order valence-corrected chi connectivity index (χ1v) is 6.71. The minimum Gasteiger partial charge on any atom is -0.480 e. The van der Waals surface area contributed by atoms with E-state index in [0.29, 0.717) is 0 Å². The zero-order valence-electron chi connectivity index (χ0n) is 11.6. The highest BCUT2D eigenvalue weighted by Gasteiger charge is 2.36. The first-order valence-electron chi connectivity index (χ1n) is 6.71. The van der Waals surface area contributed by atoms with Gasteiger partial charge in [0.1, 0.15) is 5.75 Å². The summed E-state index contributed by atoms with van der Waals surface area (Å²) >= 11 is 0. The van der Waals surface area contributed by atoms with Crippen molar-refractivity contribution in [2.45, 2.75) is 38.8 Å². The van der Waals surface area contributed by atoms with E-state index < -0.39 is 6.10 Å². The predicted octanol–water partition coefficient (Wildman–Crippen LogP) is 1.68. The van der Waals surface area contributed by atoms with Crippen LogP contribution in [-0.4, -0.2) is 29.8 Å². The topological polar surface area (TPSA) is 58.6 Å². The van der Waals surface area contributed by atoms with E-state index in [1.807, 2.05) is 45.0 Å². The van der Waals surface area contributed by atoms with Crippen molar-refractivity contribution in [3.05, 3.63) is 29.8 Å². The maximum Gasteiger partial charge on any atom is 0.261 e. The number of aliphatic hydroxyl groups is 1. The van der Waals surface area contributed by atoms with Crippen molar-refractivity contribution in [2.24, 2.45) is 5.92 Å². The monoisotopic (exact) mass is 263 g/mol. The third-order valence-corrected chi connectivity index (χ3v) is 3.89. The molecule has 4 nitrogen and oxygen atoms in total. The van der Waals surface area contributed by atoms with Crippen LogP contribution in [0.1, 0.15) is 32.3 Å². The van der Waals surface area contributed by atoms with Gasteiger partial charge in [0, 0.05) is 24.1 Å². The molecule has 2 N–H and O–H groups in total. The van der Waals surface area contributed by atoms with Crippen LogP contribution in [0.4, 0.5) is 0 Å². The summed E-state index contributed by atoms with van der Waals surface area (Å²) in [7, 11) is 0. The lowest BCUT2D eigenvalue weighted by molar-refractivity contribution is -0.129. The van der Waals surface area contributed by atoms with Gasteiger partial charge in [-0.15, -0.1) is 0 Å². The zero-order chi connectivity index (χ0) is 14.0. The fourth-order valence-corrected chi connectivity index (χ4v) is 2.25. The molecule has 0 saturated carbocycles. The van der Waals surface area contributed by atoms with Crippen LogP contribution in [0.3, 0.4) is 0 Å². The van der Waals surface area contributed by atoms with E-state index in [1.165, 1.54) is 0 Å². The van der Waals surface area contributed by atoms with Gasteiger partial charge in [0.25, 0.3) is 5.91 Å². The maximum absolute atomic E-state index is 12.2. The summed E-state index contributed by atoms with van der Waals surface area (Å²) in [5, 5.41) is 12.0. The van der Waals surface area contributed by atoms with Gasteiger partial charge in [0.15, 0.2) is 6.10 Å². The minimum absolute atomic E-state index is 0.0306. The van der Waals surface area contributed by atoms with E-state index in [0.717, 1.165) is 11.3 Å². The third-order valence-electron chi connectivity index (χ3n) is 3.89. The number of para-hydroxylation sites is 1. The third kappa shape index (κ3) is 2.73. The molecule has 4 unspecified atom stereocenters. The van der Waals surface area contributed by atoms with E-state index in [4.69, 9.17) is 9.84 Å². The number of carbonyl (C=O) groups is 1. The number of fused-ring (bicyclic) bond motifs is 1. The molecule has 2 rings (SSSR count). The molecule has 1 aliphatic rings. The van der Waals surface area contributed by atoms with Crippen molar-refractivity contribution in [1.82, 2.24) is 5.32 Å². The van der Waals surface area contributed by atoms with Crippen LogP contribution in [0.25, 0.3) is 0 Å². The van der Waals surface area contributed by atoms with Gasteiger partial charge in [0.2, 0.25) is 0 Å². The molecule has 1 aliphatic heterocycles. The van der Waals surface area contributed by atoms with Gasteiger partial charge in [-0.3, -0.25) is 4.79 Å². The summed E-state index contributed by atoms with van der Waals surface area (Å²) in [6.07, 6.45) is -0.481. The van der Waals surface area contributed by atoms with Gasteiger partial charge in [-0.1, -0.05) is 32.0 Å². The largest absolute Gasteiger partial charge is 0.480 e. The molecule has 4 atom stereocenters. The van der Waals surface area contributed by atoms with Crippen molar-refractivity contribution in [2.75, 3.05) is 6.61 Å². The molecule has 4 heteroatoms. The lowest BCUT2D eigenvalue weighted by Gasteiger charge is -2.22. The molecule has 1 aromatic carbocycles. The average molecular weight is 263 g/mol. The highest BCUT2D eigenvalue weighted by atomic mass is 16.5. The average Bonchev–Trinajstić information content (AvgIpc) is 2.75. The Balaban J connectivity index is 2.03. The number of hydrogen-bond acceptors (Lipinski definition) is 3. The molecule has 0 bridgehead atoms. The summed E-state index contributed by atoms with van der Waals surface area (Å²) < 4.78 is 5.72. The Bertz CT molecular complexity index is 460. The van der Waals surface area contributed by atoms with Crippen molar-refractivity contribution < 1.29 is 14.6 Å². The van der Waals surface area contributed by atoms with Crippen LogP contribution in [0.15, 0.2) is 24.3 Å². The zero-order valence-corrected chi connectivity index (χ0v) is 11.6. The van der Waals surface area contributed by atoms with Crippen LogP contribution < -0.4 is 10.1 Å². The molecule has 0 saturated heterocycles. The Morgan fingerprint density at radius 2 is 2.11 bits per heavy atom. The number of aliphatic hydroxyl groups excluding tert-OH is 1. The Kier molecular flexibility index (Phi) is 4.10. The minimum atomic E-state index is -0.481. The summed E-state index contributed by atoms with van der Waals surface area (Å²) in [5.41, 5.74) is 1.07. The van der Waals surface area contributed by atoms with E-state index in [-0.39, 0.29) is 30.4 Å². The number of rotatable bonds is 4. The molecular formula is C15H21NO3. The number of ether oxygens (including phenoxy) is 1. The molecule has 0 aromatic heterocycles. The number of carbonyl (C=O) groups excluding carboxylic acids is 1. The van der Waals surface area contributed by atoms with E-state index in [9.17, 15) is 4.79 Å². The molecule has 1 amide bonds. The summed E-state index contributed by atoms with van der Waals surface area (Å²) in [5.74, 6) is 0.755. The van der Waals surface area contributed by atoms with Gasteiger partial charge in [-0.05, 0) is 18.9 Å². The molecule has 0 radical (unpaired) electrons. The van der Waals surface area contributed by atoms with Crippen molar-refractivity contribution in [3.63, 3.8) is 0 Å². The van der Waals surface area contributed by atoms with Crippen LogP contribution in [-0.2, 0) is 4.79 Å². The van der Waals surface area contributed by atoms with Crippen LogP contribution in [0, 0.1) is 5.92 Å². The van der Waals surface area contributed by atoms with E-state index in [1.54, 1.807) is 0 Å². The first kappa shape index (κ1) is 13.9. The van der Waals surface area contributed by atoms with Gasteiger partial charge >= 0.3 is 0 Å². The lowest BCUT2D eigenvalue weighted by Crippen LogP contribution is -2.46. The van der Waals surface area contributed by atoms with Crippen molar-refractivity contribution in [1.29, 1.82) is 0 Å². The number of benzene rings is 1. The summed E-state index contributed by atoms with van der Waals surface area (Å²) in [4.78, 5) is 12.2. The standard InChI is InChI=1S/C15H21NO3/c1-9(8-17)11(3)16-15(18)14-10(2)12-6-4-5-7-13(12)19-14/h4-7,9-11,14,17H,8H2,1-3H3,(H,16,18). The fraction of sp³-hybridized carbons (Fsp3) is 0.533. The second kappa shape index (κ2) is 5.61. The maximum atomic E-state index is 12.2. The molecule has 1 aromatic rings. The number of hydrogen-bond donors (Lipinski definition) is 2. The van der Waals surface area contributed by atoms with Gasteiger partial charge in [-0.2, -0.15) is 0 Å². The number of nitrogens with one attached hydrogen (secondary N) is 1. The summed E-state index contributed by atoms with van der Waals surface area (Å²) in [6, 6.07) is 7.67. The molecular weight excluding hydrogens is 242 g/mol. The highest BCUT2D eigenvalue weighted by molar-refractivity contribution is 5.83. The van der Waals surface area contributed by atoms with E-state index >= 15 is 0 Å². The first-order chi connectivity index (χ1) is 9.04. The van der Waals surface area contributed by atoms with Gasteiger partial charge < -0.3 is 15.2 Å². The van der Waals surface area contributed by atoms with Gasteiger partial charge in [0.05, 0.1) is 0 Å². The second-order valence-corrected chi connectivity index (χ2v) is 5.32. The smallest absolute Gasteiger partial charge is 0.261 e. The number of amides is 1. The SMILES string of the molecule is CC(CO)C(C)NC(=O)C1Oc2ccccc2C1C. The van der Waals surface area contributed by atoms with Crippen LogP contribution in [0.2, 0.25) is 0 Å². The highest BCUT2D eigenvalue weighted by Crippen LogP contribution is 2.37. The Morgan fingerprint density at radius 1 is 1.42 bits per heavy atom. The quantitative estimate of drug-likeness (QED) is 0.869. The van der Waals surface area contributed by atoms with E-state index in [2.05, 4.69) is 5.32 Å². The molecule has 19 heavy (non-hydrogen) atoms. The van der Waals surface area contributed by atoms with Crippen molar-refractivity contribution in [3.8, 4) is 5.75 Å². The predicted molar refractivity (Wildman–Crippen MR) is 73.1 cm³/mol. The Morgan fingerprint density at radius 3 is 2.74 bits per heavy atom. The summed E-state index contributed by atoms with van der Waals surface area (Å²) in [6.45, 7) is 5.85. The lowest BCUT2D eigenvalue weighted by atomic mass is 9.96. The molecule has 0 fully saturated rings. The van der Waals surface area contributed by atoms with Crippen molar-refractivity contribution >= 4 is 5.91 Å². The molecule has 0 spiro atoms. The Hall–Kier alpha value is -1.55. The molecule has 1 heterocycles. The molecule has 104 valence electrons. The molecule has 0 aliphatic carbocycles. The van der Waals surface area contributed by atoms with Crippen LogP contribution >= 0.6 is 0 Å². The van der Waals surface area contributed by atoms with Gasteiger partial charge in [-0.25, -0.2) is 0 Å². The normalized spacial score (nSPS) is 24.2. The fourth-order valence-electron chi connectivity index (χ4n) is 2.25. The van der Waals surface area contributed by atoms with Crippen LogP contribution in [0.5, 0.6) is 5.75 Å².